The topological polar surface area (TPSA) is 64.0 Å². The lowest BCUT2D eigenvalue weighted by Gasteiger charge is -2.17. The number of hydrogen-bond acceptors (Lipinski definition) is 4. The largest absolute Gasteiger partial charge is 0.323 e. The third-order valence-electron chi connectivity index (χ3n) is 4.82. The summed E-state index contributed by atoms with van der Waals surface area (Å²) in [4.78, 5) is 30.6. The van der Waals surface area contributed by atoms with E-state index in [1.54, 1.807) is 37.3 Å². The highest BCUT2D eigenvalue weighted by atomic mass is 32.2. The summed E-state index contributed by atoms with van der Waals surface area (Å²) in [6, 6.07) is 20.6. The highest BCUT2D eigenvalue weighted by Crippen LogP contribution is 2.26. The molecule has 4 rings (SSSR count). The zero-order valence-corrected chi connectivity index (χ0v) is 17.8. The molecule has 1 aromatic heterocycles. The van der Waals surface area contributed by atoms with Crippen molar-refractivity contribution in [2.75, 3.05) is 5.32 Å². The van der Waals surface area contributed by atoms with Crippen LogP contribution < -0.4 is 10.9 Å². The molecule has 3 aromatic carbocycles. The van der Waals surface area contributed by atoms with Gasteiger partial charge in [-0.3, -0.25) is 14.2 Å². The van der Waals surface area contributed by atoms with Crippen LogP contribution in [0.25, 0.3) is 16.6 Å². The molecule has 0 radical (unpaired) electrons. The van der Waals surface area contributed by atoms with E-state index in [1.165, 1.54) is 16.7 Å². The van der Waals surface area contributed by atoms with E-state index >= 15 is 0 Å². The number of fused-ring (bicyclic) bond motifs is 1. The van der Waals surface area contributed by atoms with Crippen LogP contribution in [0.1, 0.15) is 12.5 Å². The summed E-state index contributed by atoms with van der Waals surface area (Å²) >= 11 is 1.15. The number of nitrogens with zero attached hydrogens (tertiary/aromatic N) is 2. The fraction of sp³-hybridized carbons (Fsp3) is 0.125. The van der Waals surface area contributed by atoms with E-state index in [1.807, 2.05) is 37.3 Å². The van der Waals surface area contributed by atoms with Crippen molar-refractivity contribution in [1.82, 2.24) is 9.55 Å². The summed E-state index contributed by atoms with van der Waals surface area (Å²) in [5.41, 5.74) is 2.19. The van der Waals surface area contributed by atoms with Crippen LogP contribution in [-0.4, -0.2) is 20.7 Å². The van der Waals surface area contributed by atoms with Crippen molar-refractivity contribution in [3.05, 3.63) is 94.5 Å². The second-order valence-electron chi connectivity index (χ2n) is 7.12. The van der Waals surface area contributed by atoms with E-state index in [0.29, 0.717) is 21.7 Å². The lowest BCUT2D eigenvalue weighted by Crippen LogP contribution is -2.26. The summed E-state index contributed by atoms with van der Waals surface area (Å²) in [7, 11) is 0. The molecule has 7 heteroatoms. The Bertz CT molecular complexity index is 1320. The minimum atomic E-state index is -0.621. The fourth-order valence-corrected chi connectivity index (χ4v) is 4.05. The van der Waals surface area contributed by atoms with Gasteiger partial charge in [-0.2, -0.15) is 0 Å². The zero-order valence-electron chi connectivity index (χ0n) is 17.0. The van der Waals surface area contributed by atoms with Gasteiger partial charge in [0.1, 0.15) is 5.82 Å². The first kappa shape index (κ1) is 20.8. The molecule has 0 bridgehead atoms. The van der Waals surface area contributed by atoms with Crippen molar-refractivity contribution in [2.45, 2.75) is 24.3 Å². The number of halogens is 1. The van der Waals surface area contributed by atoms with Gasteiger partial charge in [-0.1, -0.05) is 53.7 Å². The second kappa shape index (κ2) is 8.73. The van der Waals surface area contributed by atoms with Crippen LogP contribution in [0.5, 0.6) is 0 Å². The summed E-state index contributed by atoms with van der Waals surface area (Å²) in [5.74, 6) is -0.888. The van der Waals surface area contributed by atoms with Crippen molar-refractivity contribution < 1.29 is 9.18 Å². The van der Waals surface area contributed by atoms with Crippen molar-refractivity contribution in [3.63, 3.8) is 0 Å². The summed E-state index contributed by atoms with van der Waals surface area (Å²) in [6.45, 7) is 3.66. The number of amides is 1. The molecule has 0 aliphatic carbocycles. The molecule has 1 N–H and O–H groups in total. The highest BCUT2D eigenvalue weighted by Gasteiger charge is 2.21. The smallest absolute Gasteiger partial charge is 0.266 e. The van der Waals surface area contributed by atoms with Crippen LogP contribution in [0.2, 0.25) is 0 Å². The number of anilines is 1. The number of carbonyl (C=O) groups excluding carboxylic acids is 1. The molecule has 4 aromatic rings. The van der Waals surface area contributed by atoms with Gasteiger partial charge in [0.15, 0.2) is 5.16 Å². The Morgan fingerprint density at radius 1 is 1.03 bits per heavy atom. The van der Waals surface area contributed by atoms with Crippen LogP contribution in [0.3, 0.4) is 0 Å². The molecular formula is C24H20FN3O2S. The Kier molecular flexibility index (Phi) is 5.86. The monoisotopic (exact) mass is 433 g/mol. The number of aromatic nitrogens is 2. The fourth-order valence-electron chi connectivity index (χ4n) is 3.12. The number of nitrogens with one attached hydrogen (secondary N) is 1. The normalized spacial score (nSPS) is 12.0. The Morgan fingerprint density at radius 3 is 2.45 bits per heavy atom. The number of para-hydroxylation sites is 2. The Labute approximate surface area is 182 Å². The van der Waals surface area contributed by atoms with Gasteiger partial charge in [0.05, 0.1) is 27.5 Å². The molecule has 0 saturated carbocycles. The van der Waals surface area contributed by atoms with E-state index in [-0.39, 0.29) is 17.2 Å². The molecule has 5 nitrogen and oxygen atoms in total. The first-order valence-corrected chi connectivity index (χ1v) is 10.6. The quantitative estimate of drug-likeness (QED) is 0.357. The van der Waals surface area contributed by atoms with Gasteiger partial charge in [-0.05, 0) is 50.2 Å². The van der Waals surface area contributed by atoms with Gasteiger partial charge in [0.2, 0.25) is 5.91 Å². The molecule has 0 aliphatic heterocycles. The third-order valence-corrected chi connectivity index (χ3v) is 5.87. The van der Waals surface area contributed by atoms with Crippen LogP contribution in [0.4, 0.5) is 10.1 Å². The molecular weight excluding hydrogens is 413 g/mol. The average Bonchev–Trinajstić information content (AvgIpc) is 2.76. The molecule has 156 valence electrons. The lowest BCUT2D eigenvalue weighted by molar-refractivity contribution is -0.115. The lowest BCUT2D eigenvalue weighted by atomic mass is 10.2. The molecule has 0 fully saturated rings. The zero-order chi connectivity index (χ0) is 22.0. The van der Waals surface area contributed by atoms with Gasteiger partial charge in [-0.15, -0.1) is 0 Å². The van der Waals surface area contributed by atoms with Crippen LogP contribution in [0, 0.1) is 12.7 Å². The number of benzene rings is 3. The number of carbonyl (C=O) groups is 1. The minimum absolute atomic E-state index is 0.113. The van der Waals surface area contributed by atoms with Gasteiger partial charge >= 0.3 is 0 Å². The third kappa shape index (κ3) is 4.36. The van der Waals surface area contributed by atoms with Crippen LogP contribution in [0.15, 0.2) is 82.7 Å². The molecule has 1 heterocycles. The van der Waals surface area contributed by atoms with Crippen molar-refractivity contribution in [3.8, 4) is 5.69 Å². The van der Waals surface area contributed by atoms with E-state index in [2.05, 4.69) is 10.3 Å². The first-order chi connectivity index (χ1) is 14.9. The second-order valence-corrected chi connectivity index (χ2v) is 8.42. The molecule has 1 atom stereocenters. The van der Waals surface area contributed by atoms with E-state index in [4.69, 9.17) is 0 Å². The minimum Gasteiger partial charge on any atom is -0.323 e. The molecule has 1 amide bonds. The van der Waals surface area contributed by atoms with Gasteiger partial charge in [-0.25, -0.2) is 9.37 Å². The maximum absolute atomic E-state index is 13.9. The van der Waals surface area contributed by atoms with Gasteiger partial charge < -0.3 is 5.32 Å². The first-order valence-electron chi connectivity index (χ1n) is 9.75. The number of thioether (sulfide) groups is 1. The van der Waals surface area contributed by atoms with Crippen LogP contribution in [-0.2, 0) is 4.79 Å². The number of hydrogen-bond donors (Lipinski definition) is 1. The summed E-state index contributed by atoms with van der Waals surface area (Å²) < 4.78 is 15.4. The highest BCUT2D eigenvalue weighted by molar-refractivity contribution is 8.00. The SMILES string of the molecule is Cc1ccc(-n2c(SC(C)C(=O)Nc3ccccc3F)nc3ccccc3c2=O)cc1. The number of aryl methyl sites for hydroxylation is 1. The van der Waals surface area contributed by atoms with E-state index in [9.17, 15) is 14.0 Å². The number of rotatable bonds is 5. The molecule has 0 spiro atoms. The Morgan fingerprint density at radius 2 is 1.71 bits per heavy atom. The maximum atomic E-state index is 13.9. The van der Waals surface area contributed by atoms with E-state index in [0.717, 1.165) is 17.3 Å². The molecule has 1 unspecified atom stereocenters. The predicted octanol–water partition coefficient (Wildman–Crippen LogP) is 4.95. The molecule has 0 aliphatic rings. The van der Waals surface area contributed by atoms with Crippen molar-refractivity contribution >= 4 is 34.3 Å². The predicted molar refractivity (Wildman–Crippen MR) is 122 cm³/mol. The van der Waals surface area contributed by atoms with Gasteiger partial charge in [0.25, 0.3) is 5.56 Å². The molecule has 0 saturated heterocycles. The summed E-state index contributed by atoms with van der Waals surface area (Å²) in [6.07, 6.45) is 0. The summed E-state index contributed by atoms with van der Waals surface area (Å²) in [5, 5.41) is 2.87. The molecule has 31 heavy (non-hydrogen) atoms. The van der Waals surface area contributed by atoms with Crippen molar-refractivity contribution in [1.29, 1.82) is 0 Å². The van der Waals surface area contributed by atoms with Crippen molar-refractivity contribution in [2.24, 2.45) is 0 Å². The van der Waals surface area contributed by atoms with Gasteiger partial charge in [0, 0.05) is 0 Å². The average molecular weight is 434 g/mol. The van der Waals surface area contributed by atoms with E-state index < -0.39 is 11.1 Å². The maximum Gasteiger partial charge on any atom is 0.266 e. The Hall–Kier alpha value is -3.45. The Balaban J connectivity index is 1.73. The van der Waals surface area contributed by atoms with Crippen LogP contribution >= 0.6 is 11.8 Å². The standard InChI is InChI=1S/C24H20FN3O2S/c1-15-11-13-17(14-12-15)28-23(30)18-7-3-5-9-20(18)27-24(28)31-16(2)22(29)26-21-10-6-4-8-19(21)25/h3-14,16H,1-2H3,(H,26,29).